The van der Waals surface area contributed by atoms with Gasteiger partial charge in [-0.25, -0.2) is 0 Å². The number of likely N-dealkylation sites (tertiary alicyclic amines) is 1. The largest absolute Gasteiger partial charge is 0.342 e. The van der Waals surface area contributed by atoms with Crippen molar-refractivity contribution >= 4 is 11.8 Å². The van der Waals surface area contributed by atoms with E-state index in [2.05, 4.69) is 17.6 Å². The van der Waals surface area contributed by atoms with Gasteiger partial charge in [-0.05, 0) is 44.6 Å². The third-order valence-corrected chi connectivity index (χ3v) is 5.86. The average molecular weight is 338 g/mol. The zero-order valence-corrected chi connectivity index (χ0v) is 16.0. The molecule has 0 aromatic heterocycles. The maximum Gasteiger partial charge on any atom is 0.246 e. The second-order valence-corrected chi connectivity index (χ2v) is 8.79. The lowest BCUT2D eigenvalue weighted by Gasteiger charge is -2.38. The molecule has 0 spiro atoms. The summed E-state index contributed by atoms with van der Waals surface area (Å²) in [6, 6.07) is -0.787. The summed E-state index contributed by atoms with van der Waals surface area (Å²) in [6.45, 7) is 10.6. The molecule has 1 saturated carbocycles. The third kappa shape index (κ3) is 3.45. The van der Waals surface area contributed by atoms with E-state index in [0.29, 0.717) is 12.5 Å². The lowest BCUT2D eigenvalue weighted by molar-refractivity contribution is -0.141. The minimum Gasteiger partial charge on any atom is -0.342 e. The van der Waals surface area contributed by atoms with E-state index in [9.17, 15) is 9.59 Å². The Morgan fingerprint density at radius 3 is 2.46 bits per heavy atom. The first-order valence-electron chi connectivity index (χ1n) is 9.08. The number of rotatable bonds is 4. The van der Waals surface area contributed by atoms with E-state index < -0.39 is 6.04 Å². The van der Waals surface area contributed by atoms with Gasteiger partial charge in [0.05, 0.1) is 12.1 Å². The van der Waals surface area contributed by atoms with Gasteiger partial charge in [0, 0.05) is 12.1 Å². The van der Waals surface area contributed by atoms with Crippen molar-refractivity contribution in [1.29, 1.82) is 0 Å². The molecule has 1 aliphatic heterocycles. The molecule has 1 heterocycles. The van der Waals surface area contributed by atoms with Crippen LogP contribution in [-0.4, -0.2) is 54.0 Å². The van der Waals surface area contributed by atoms with Gasteiger partial charge in [-0.3, -0.25) is 9.59 Å². The fraction of sp³-hybridized carbons (Fsp3) is 0.889. The monoisotopic (exact) mass is 338 g/mol. The molecule has 138 valence electrons. The summed E-state index contributed by atoms with van der Waals surface area (Å²) in [4.78, 5) is 27.6. The number of fused-ring (bicyclic) bond motifs is 1. The van der Waals surface area contributed by atoms with Crippen LogP contribution in [0.25, 0.3) is 0 Å². The molecule has 0 aromatic rings. The molecule has 6 heteroatoms. The van der Waals surface area contributed by atoms with Gasteiger partial charge in [0.15, 0.2) is 0 Å². The predicted octanol–water partition coefficient (Wildman–Crippen LogP) is 0.854. The SMILES string of the molecule is CN[C@@H](C)C(=O)NC(C(=O)N1CC[C@@]2(N)CC[C@H](C)[C@@H]12)C(C)(C)C. The average Bonchev–Trinajstić information content (AvgIpc) is 2.98. The Hall–Kier alpha value is -1.14. The first-order chi connectivity index (χ1) is 11.0. The standard InChI is InChI=1S/C18H34N4O2/c1-11-7-8-18(19)9-10-22(14(11)18)16(24)13(17(3,4)5)21-15(23)12(2)20-6/h11-14,20H,7-10,19H2,1-6H3,(H,21,23)/t11-,12-,13?,14+,18-/m0/s1. The quantitative estimate of drug-likeness (QED) is 0.709. The van der Waals surface area contributed by atoms with E-state index in [1.165, 1.54) is 0 Å². The lowest BCUT2D eigenvalue weighted by atomic mass is 9.84. The molecule has 0 aromatic carbocycles. The minimum atomic E-state index is -0.545. The van der Waals surface area contributed by atoms with Gasteiger partial charge in [0.1, 0.15) is 6.04 Å². The maximum atomic E-state index is 13.3. The van der Waals surface area contributed by atoms with Gasteiger partial charge in [-0.2, -0.15) is 0 Å². The summed E-state index contributed by atoms with van der Waals surface area (Å²) in [5, 5.41) is 5.88. The highest BCUT2D eigenvalue weighted by molar-refractivity contribution is 5.90. The van der Waals surface area contributed by atoms with Crippen LogP contribution >= 0.6 is 0 Å². The van der Waals surface area contributed by atoms with Crippen LogP contribution in [0.15, 0.2) is 0 Å². The molecule has 4 N–H and O–H groups in total. The summed E-state index contributed by atoms with van der Waals surface area (Å²) in [7, 11) is 1.74. The highest BCUT2D eigenvalue weighted by Gasteiger charge is 2.54. The molecule has 2 aliphatic rings. The van der Waals surface area contributed by atoms with Crippen LogP contribution < -0.4 is 16.4 Å². The Morgan fingerprint density at radius 2 is 1.92 bits per heavy atom. The fourth-order valence-corrected chi connectivity index (χ4v) is 4.19. The van der Waals surface area contributed by atoms with Crippen molar-refractivity contribution in [2.75, 3.05) is 13.6 Å². The Bertz CT molecular complexity index is 502. The minimum absolute atomic E-state index is 0.00484. The molecule has 1 aliphatic carbocycles. The van der Waals surface area contributed by atoms with Gasteiger partial charge in [-0.1, -0.05) is 27.7 Å². The van der Waals surface area contributed by atoms with Gasteiger partial charge in [0.2, 0.25) is 11.8 Å². The number of likely N-dealkylation sites (N-methyl/N-ethyl adjacent to an activating group) is 1. The molecule has 6 nitrogen and oxygen atoms in total. The number of nitrogens with one attached hydrogen (secondary N) is 2. The van der Waals surface area contributed by atoms with Crippen molar-refractivity contribution in [3.63, 3.8) is 0 Å². The van der Waals surface area contributed by atoms with Crippen molar-refractivity contribution < 1.29 is 9.59 Å². The Kier molecular flexibility index (Phi) is 5.31. The van der Waals surface area contributed by atoms with Crippen LogP contribution in [0.1, 0.15) is 53.9 Å². The molecule has 24 heavy (non-hydrogen) atoms. The third-order valence-electron chi connectivity index (χ3n) is 5.86. The van der Waals surface area contributed by atoms with Crippen molar-refractivity contribution in [3.8, 4) is 0 Å². The molecule has 1 unspecified atom stereocenters. The Labute approximate surface area is 145 Å². The number of hydrogen-bond acceptors (Lipinski definition) is 4. The van der Waals surface area contributed by atoms with E-state index in [0.717, 1.165) is 19.3 Å². The summed E-state index contributed by atoms with van der Waals surface area (Å²) < 4.78 is 0. The van der Waals surface area contributed by atoms with Gasteiger partial charge in [0.25, 0.3) is 0 Å². The number of nitrogens with zero attached hydrogens (tertiary/aromatic N) is 1. The predicted molar refractivity (Wildman–Crippen MR) is 95.3 cm³/mol. The van der Waals surface area contributed by atoms with E-state index in [4.69, 9.17) is 5.73 Å². The van der Waals surface area contributed by atoms with E-state index in [1.54, 1.807) is 14.0 Å². The van der Waals surface area contributed by atoms with Gasteiger partial charge >= 0.3 is 0 Å². The van der Waals surface area contributed by atoms with E-state index in [-0.39, 0.29) is 34.9 Å². The molecule has 5 atom stereocenters. The normalized spacial score (nSPS) is 32.4. The lowest BCUT2D eigenvalue weighted by Crippen LogP contribution is -2.60. The zero-order valence-electron chi connectivity index (χ0n) is 16.0. The summed E-state index contributed by atoms with van der Waals surface area (Å²) in [6.07, 6.45) is 2.89. The smallest absolute Gasteiger partial charge is 0.246 e. The molecule has 0 bridgehead atoms. The first-order valence-corrected chi connectivity index (χ1v) is 9.08. The number of nitrogens with two attached hydrogens (primary N) is 1. The topological polar surface area (TPSA) is 87.5 Å². The Morgan fingerprint density at radius 1 is 1.29 bits per heavy atom. The summed E-state index contributed by atoms with van der Waals surface area (Å²) in [5.74, 6) is 0.266. The van der Waals surface area contributed by atoms with E-state index in [1.807, 2.05) is 25.7 Å². The molecule has 2 fully saturated rings. The second kappa shape index (κ2) is 6.64. The molecule has 2 amide bonds. The Balaban J connectivity index is 2.21. The van der Waals surface area contributed by atoms with Gasteiger partial charge < -0.3 is 21.3 Å². The van der Waals surface area contributed by atoms with Crippen LogP contribution in [0.2, 0.25) is 0 Å². The number of amides is 2. The van der Waals surface area contributed by atoms with Crippen LogP contribution in [0, 0.1) is 11.3 Å². The zero-order chi connectivity index (χ0) is 18.3. The van der Waals surface area contributed by atoms with Crippen LogP contribution in [0.4, 0.5) is 0 Å². The number of carbonyl (C=O) groups is 2. The number of carbonyl (C=O) groups excluding carboxylic acids is 2. The molecular weight excluding hydrogens is 304 g/mol. The highest BCUT2D eigenvalue weighted by Crippen LogP contribution is 2.43. The van der Waals surface area contributed by atoms with Crippen LogP contribution in [0.3, 0.4) is 0 Å². The van der Waals surface area contributed by atoms with Crippen molar-refractivity contribution in [1.82, 2.24) is 15.5 Å². The van der Waals surface area contributed by atoms with E-state index >= 15 is 0 Å². The summed E-state index contributed by atoms with van der Waals surface area (Å²) >= 11 is 0. The highest BCUT2D eigenvalue weighted by atomic mass is 16.2. The fourth-order valence-electron chi connectivity index (χ4n) is 4.19. The van der Waals surface area contributed by atoms with Crippen molar-refractivity contribution in [2.45, 2.75) is 77.5 Å². The van der Waals surface area contributed by atoms with Gasteiger partial charge in [-0.15, -0.1) is 0 Å². The van der Waals surface area contributed by atoms with Crippen LogP contribution in [-0.2, 0) is 9.59 Å². The second-order valence-electron chi connectivity index (χ2n) is 8.79. The van der Waals surface area contributed by atoms with Crippen molar-refractivity contribution in [3.05, 3.63) is 0 Å². The maximum absolute atomic E-state index is 13.3. The molecule has 1 saturated heterocycles. The first kappa shape index (κ1) is 19.2. The van der Waals surface area contributed by atoms with Crippen molar-refractivity contribution in [2.24, 2.45) is 17.1 Å². The number of hydrogen-bond donors (Lipinski definition) is 3. The molecule has 2 rings (SSSR count). The summed E-state index contributed by atoms with van der Waals surface area (Å²) in [5.41, 5.74) is 5.96. The molecular formula is C18H34N4O2. The molecule has 0 radical (unpaired) electrons. The van der Waals surface area contributed by atoms with Crippen LogP contribution in [0.5, 0.6) is 0 Å².